The number of aromatic hydroxyl groups is 1. The first-order valence-corrected chi connectivity index (χ1v) is 18.2. The van der Waals surface area contributed by atoms with E-state index < -0.39 is 6.01 Å². The summed E-state index contributed by atoms with van der Waals surface area (Å²) in [5.41, 5.74) is 7.30. The number of aromatic nitrogens is 4. The molecule has 2 aromatic carbocycles. The zero-order valence-electron chi connectivity index (χ0n) is 30.0. The van der Waals surface area contributed by atoms with E-state index in [2.05, 4.69) is 43.0 Å². The van der Waals surface area contributed by atoms with Gasteiger partial charge in [0.25, 0.3) is 11.8 Å². The number of amides is 2. The Morgan fingerprint density at radius 1 is 0.906 bits per heavy atom. The lowest BCUT2D eigenvalue weighted by molar-refractivity contribution is 0.0193. The highest BCUT2D eigenvalue weighted by Gasteiger charge is 2.34. The van der Waals surface area contributed by atoms with Crippen LogP contribution in [0, 0.1) is 6.92 Å². The smallest absolute Gasteiger partial charge is 0.313 e. The summed E-state index contributed by atoms with van der Waals surface area (Å²) in [6.07, 6.45) is 6.06. The summed E-state index contributed by atoms with van der Waals surface area (Å²) in [5, 5.41) is 10.3. The van der Waals surface area contributed by atoms with E-state index >= 15 is 0 Å². The standard InChI is InChI=1S/C40H41ClN8O4/c1-25-34(39(51)49(32-21-43-40(52)44-22-32)30-17-27-10-11-45(2)37(27)42-20-30)19-36(46(25)3)35-18-29(41)8-9-33(35)38(50)48-23-28-7-5-4-6-26(28)16-31(48)24-47-12-14-53-15-13-47/h4-9,17-22,31H,10-16,23-24H2,1-3H3,(H,43,44,52)/t31-/m0/s1. The minimum Gasteiger partial charge on any atom is -0.479 e. The molecular weight excluding hydrogens is 692 g/mol. The molecule has 2 amide bonds. The summed E-state index contributed by atoms with van der Waals surface area (Å²) in [5.74, 6) is 0.455. The molecule has 53 heavy (non-hydrogen) atoms. The molecular formula is C40H41ClN8O4. The average molecular weight is 733 g/mol. The van der Waals surface area contributed by atoms with Crippen LogP contribution >= 0.6 is 11.6 Å². The number of rotatable bonds is 7. The van der Waals surface area contributed by atoms with Gasteiger partial charge in [0.2, 0.25) is 0 Å². The van der Waals surface area contributed by atoms with Crippen molar-refractivity contribution in [2.24, 2.45) is 7.05 Å². The highest BCUT2D eigenvalue weighted by Crippen LogP contribution is 2.37. The molecule has 3 aliphatic rings. The third kappa shape index (κ3) is 6.62. The number of likely N-dealkylation sites (N-methyl/N-ethyl adjacent to an activating group) is 1. The number of benzene rings is 2. The minimum absolute atomic E-state index is 0.0341. The molecule has 5 aromatic rings. The maximum Gasteiger partial charge on any atom is 0.313 e. The fraction of sp³-hybridized carbons (Fsp3) is 0.325. The van der Waals surface area contributed by atoms with Crippen molar-refractivity contribution in [3.63, 3.8) is 0 Å². The molecule has 3 aliphatic heterocycles. The zero-order chi connectivity index (χ0) is 36.8. The van der Waals surface area contributed by atoms with Gasteiger partial charge in [-0.2, -0.15) is 0 Å². The van der Waals surface area contributed by atoms with E-state index in [1.807, 2.05) is 48.7 Å². The van der Waals surface area contributed by atoms with Gasteiger partial charge in [0, 0.05) is 80.4 Å². The third-order valence-electron chi connectivity index (χ3n) is 10.8. The van der Waals surface area contributed by atoms with Crippen LogP contribution in [-0.4, -0.2) is 98.7 Å². The number of fused-ring (bicyclic) bond motifs is 2. The average Bonchev–Trinajstić information content (AvgIpc) is 3.69. The van der Waals surface area contributed by atoms with Crippen molar-refractivity contribution in [1.82, 2.24) is 29.3 Å². The molecule has 3 aromatic heterocycles. The predicted octanol–water partition coefficient (Wildman–Crippen LogP) is 5.41. The Morgan fingerprint density at radius 3 is 2.42 bits per heavy atom. The molecule has 1 fully saturated rings. The largest absolute Gasteiger partial charge is 0.479 e. The van der Waals surface area contributed by atoms with Crippen molar-refractivity contribution in [3.05, 3.63) is 112 Å². The van der Waals surface area contributed by atoms with Gasteiger partial charge in [-0.25, -0.2) is 15.0 Å². The number of carbonyl (C=O) groups is 2. The van der Waals surface area contributed by atoms with Crippen LogP contribution in [0.15, 0.2) is 73.2 Å². The first-order valence-electron chi connectivity index (χ1n) is 17.9. The SMILES string of the molecule is Cc1c(C(=O)N(c2cnc(O)nc2)c2cnc3c(c2)CCN3C)cc(-c2cc(Cl)ccc2C(=O)N2Cc3ccccc3C[C@H]2CN2CCOCC2)n1C. The molecule has 272 valence electrons. The molecule has 13 heteroatoms. The van der Waals surface area contributed by atoms with Crippen molar-refractivity contribution in [2.45, 2.75) is 32.4 Å². The minimum atomic E-state index is -0.393. The number of halogens is 1. The third-order valence-corrected chi connectivity index (χ3v) is 11.0. The van der Waals surface area contributed by atoms with Gasteiger partial charge in [-0.1, -0.05) is 35.9 Å². The highest BCUT2D eigenvalue weighted by atomic mass is 35.5. The second-order valence-electron chi connectivity index (χ2n) is 14.0. The number of nitrogens with zero attached hydrogens (tertiary/aromatic N) is 8. The van der Waals surface area contributed by atoms with E-state index in [0.717, 1.165) is 56.0 Å². The molecule has 1 saturated heterocycles. The van der Waals surface area contributed by atoms with Gasteiger partial charge < -0.3 is 24.2 Å². The Hall–Kier alpha value is -5.30. The second kappa shape index (κ2) is 14.3. The summed E-state index contributed by atoms with van der Waals surface area (Å²) >= 11 is 6.65. The Bertz CT molecular complexity index is 2200. The van der Waals surface area contributed by atoms with Crippen molar-refractivity contribution in [3.8, 4) is 17.3 Å². The van der Waals surface area contributed by atoms with Crippen LogP contribution in [-0.2, 0) is 31.2 Å². The molecule has 0 aliphatic carbocycles. The normalized spacial score (nSPS) is 17.1. The van der Waals surface area contributed by atoms with Crippen LogP contribution in [0.4, 0.5) is 17.2 Å². The Morgan fingerprint density at radius 2 is 1.64 bits per heavy atom. The number of pyridine rings is 1. The number of hydrogen-bond donors (Lipinski definition) is 1. The summed E-state index contributed by atoms with van der Waals surface area (Å²) in [4.78, 5) is 50.2. The Labute approximate surface area is 313 Å². The Kier molecular flexibility index (Phi) is 9.35. The zero-order valence-corrected chi connectivity index (χ0v) is 30.8. The number of hydrogen-bond acceptors (Lipinski definition) is 9. The van der Waals surface area contributed by atoms with E-state index in [1.165, 1.54) is 22.9 Å². The molecule has 6 heterocycles. The monoisotopic (exact) mass is 732 g/mol. The maximum atomic E-state index is 14.8. The molecule has 1 N–H and O–H groups in total. The van der Waals surface area contributed by atoms with Crippen LogP contribution in [0.25, 0.3) is 11.3 Å². The van der Waals surface area contributed by atoms with Gasteiger partial charge in [-0.15, -0.1) is 0 Å². The molecule has 0 unspecified atom stereocenters. The van der Waals surface area contributed by atoms with Crippen molar-refractivity contribution in [2.75, 3.05) is 56.2 Å². The van der Waals surface area contributed by atoms with E-state index in [0.29, 0.717) is 64.2 Å². The van der Waals surface area contributed by atoms with Crippen LogP contribution in [0.2, 0.25) is 5.02 Å². The molecule has 0 bridgehead atoms. The molecule has 0 spiro atoms. The van der Waals surface area contributed by atoms with Crippen LogP contribution in [0.1, 0.15) is 43.1 Å². The van der Waals surface area contributed by atoms with Gasteiger partial charge in [0.05, 0.1) is 48.7 Å². The van der Waals surface area contributed by atoms with Gasteiger partial charge >= 0.3 is 6.01 Å². The molecule has 0 saturated carbocycles. The Balaban J connectivity index is 1.18. The second-order valence-corrected chi connectivity index (χ2v) is 14.4. The summed E-state index contributed by atoms with van der Waals surface area (Å²) in [7, 11) is 3.88. The predicted molar refractivity (Wildman–Crippen MR) is 203 cm³/mol. The van der Waals surface area contributed by atoms with Crippen LogP contribution in [0.3, 0.4) is 0 Å². The van der Waals surface area contributed by atoms with E-state index in [4.69, 9.17) is 16.3 Å². The number of morpholine rings is 1. The van der Waals surface area contributed by atoms with Gasteiger partial charge in [0.1, 0.15) is 5.82 Å². The number of ether oxygens (including phenoxy) is 1. The van der Waals surface area contributed by atoms with Gasteiger partial charge in [-0.3, -0.25) is 19.4 Å². The van der Waals surface area contributed by atoms with Crippen molar-refractivity contribution >= 4 is 40.6 Å². The summed E-state index contributed by atoms with van der Waals surface area (Å²) < 4.78 is 7.53. The molecule has 8 rings (SSSR count). The first-order chi connectivity index (χ1) is 25.7. The lowest BCUT2D eigenvalue weighted by atomic mass is 9.92. The highest BCUT2D eigenvalue weighted by molar-refractivity contribution is 6.31. The number of carbonyl (C=O) groups excluding carboxylic acids is 2. The summed E-state index contributed by atoms with van der Waals surface area (Å²) in [6.45, 7) is 6.99. The molecule has 0 radical (unpaired) electrons. The quantitative estimate of drug-likeness (QED) is 0.234. The van der Waals surface area contributed by atoms with Gasteiger partial charge in [0.15, 0.2) is 0 Å². The first kappa shape index (κ1) is 34.8. The topological polar surface area (TPSA) is 120 Å². The van der Waals surface area contributed by atoms with E-state index in [1.54, 1.807) is 24.4 Å². The number of anilines is 3. The molecule has 1 atom stereocenters. The fourth-order valence-corrected chi connectivity index (χ4v) is 7.95. The van der Waals surface area contributed by atoms with Crippen molar-refractivity contribution < 1.29 is 19.4 Å². The maximum absolute atomic E-state index is 14.8. The fourth-order valence-electron chi connectivity index (χ4n) is 7.78. The van der Waals surface area contributed by atoms with E-state index in [9.17, 15) is 14.7 Å². The van der Waals surface area contributed by atoms with Gasteiger partial charge in [-0.05, 0) is 66.8 Å². The van der Waals surface area contributed by atoms with Crippen LogP contribution in [0.5, 0.6) is 6.01 Å². The van der Waals surface area contributed by atoms with Crippen molar-refractivity contribution in [1.29, 1.82) is 0 Å². The lowest BCUT2D eigenvalue weighted by Gasteiger charge is -2.40. The van der Waals surface area contributed by atoms with Crippen LogP contribution < -0.4 is 9.80 Å². The molecule has 12 nitrogen and oxygen atoms in total. The van der Waals surface area contributed by atoms with E-state index in [-0.39, 0.29) is 17.9 Å². The lowest BCUT2D eigenvalue weighted by Crippen LogP contribution is -2.52. The summed E-state index contributed by atoms with van der Waals surface area (Å²) in [6, 6.07) is 17.0.